The summed E-state index contributed by atoms with van der Waals surface area (Å²) in [6, 6.07) is 0. The largest absolute Gasteiger partial charge is 0.385 e. The number of thioether (sulfide) groups is 1. The van der Waals surface area contributed by atoms with Gasteiger partial charge in [0.25, 0.3) is 5.56 Å². The van der Waals surface area contributed by atoms with Gasteiger partial charge in [-0.2, -0.15) is 0 Å². The lowest BCUT2D eigenvalue weighted by Crippen LogP contribution is -2.22. The minimum Gasteiger partial charge on any atom is -0.385 e. The molecule has 6 heteroatoms. The van der Waals surface area contributed by atoms with Gasteiger partial charge in [-0.25, -0.2) is 4.98 Å². The van der Waals surface area contributed by atoms with Crippen molar-refractivity contribution in [2.24, 2.45) is 0 Å². The third-order valence-electron chi connectivity index (χ3n) is 3.29. The molecular weight excluding hydrogens is 304 g/mol. The summed E-state index contributed by atoms with van der Waals surface area (Å²) in [4.78, 5) is 19.4. The fourth-order valence-corrected chi connectivity index (χ4v) is 4.07. The number of aromatic nitrogens is 2. The van der Waals surface area contributed by atoms with Crippen LogP contribution in [0.1, 0.15) is 16.9 Å². The Balaban J connectivity index is 2.45. The topological polar surface area (TPSA) is 44.1 Å². The van der Waals surface area contributed by atoms with E-state index in [1.54, 1.807) is 40.9 Å². The maximum atomic E-state index is 12.7. The predicted octanol–water partition coefficient (Wildman–Crippen LogP) is 3.39. The second-order valence-corrected chi connectivity index (χ2v) is 7.02. The fraction of sp³-hybridized carbons (Fsp3) is 0.467. The van der Waals surface area contributed by atoms with Crippen molar-refractivity contribution in [3.05, 3.63) is 33.4 Å². The second kappa shape index (κ2) is 7.24. The van der Waals surface area contributed by atoms with Crippen LogP contribution in [0.3, 0.4) is 0 Å². The smallest absolute Gasteiger partial charge is 0.263 e. The molecule has 4 nitrogen and oxygen atoms in total. The maximum Gasteiger partial charge on any atom is 0.263 e. The van der Waals surface area contributed by atoms with Crippen LogP contribution in [0.4, 0.5) is 0 Å². The molecule has 0 saturated heterocycles. The quantitative estimate of drug-likeness (QED) is 0.339. The predicted molar refractivity (Wildman–Crippen MR) is 90.8 cm³/mol. The first-order valence-electron chi connectivity index (χ1n) is 6.83. The molecule has 0 saturated carbocycles. The fourth-order valence-electron chi connectivity index (χ4n) is 2.08. The van der Waals surface area contributed by atoms with Crippen molar-refractivity contribution < 1.29 is 4.74 Å². The second-order valence-electron chi connectivity index (χ2n) is 4.76. The SMILES string of the molecule is C=CCn1c(SCCCOC)nc2sc(C)c(C)c2c1=O. The molecule has 0 fully saturated rings. The lowest BCUT2D eigenvalue weighted by atomic mass is 10.2. The van der Waals surface area contributed by atoms with E-state index in [9.17, 15) is 4.79 Å². The molecule has 0 aromatic carbocycles. The molecular formula is C15H20N2O2S2. The highest BCUT2D eigenvalue weighted by Crippen LogP contribution is 2.28. The number of nitrogens with zero attached hydrogens (tertiary/aromatic N) is 2. The van der Waals surface area contributed by atoms with Crippen LogP contribution < -0.4 is 5.56 Å². The van der Waals surface area contributed by atoms with Gasteiger partial charge in [0.1, 0.15) is 4.83 Å². The molecule has 2 aromatic rings. The van der Waals surface area contributed by atoms with Gasteiger partial charge in [-0.3, -0.25) is 9.36 Å². The molecule has 0 unspecified atom stereocenters. The van der Waals surface area contributed by atoms with E-state index in [2.05, 4.69) is 11.6 Å². The van der Waals surface area contributed by atoms with Crippen LogP contribution in [0.2, 0.25) is 0 Å². The first-order chi connectivity index (χ1) is 10.1. The van der Waals surface area contributed by atoms with E-state index in [0.717, 1.165) is 44.6 Å². The molecule has 0 bridgehead atoms. The average molecular weight is 324 g/mol. The van der Waals surface area contributed by atoms with Crippen molar-refractivity contribution in [1.82, 2.24) is 9.55 Å². The summed E-state index contributed by atoms with van der Waals surface area (Å²) >= 11 is 3.19. The molecule has 0 amide bonds. The minimum atomic E-state index is 0.0380. The highest BCUT2D eigenvalue weighted by molar-refractivity contribution is 7.99. The van der Waals surface area contributed by atoms with Gasteiger partial charge < -0.3 is 4.74 Å². The summed E-state index contributed by atoms with van der Waals surface area (Å²) < 4.78 is 6.77. The van der Waals surface area contributed by atoms with Crippen molar-refractivity contribution in [2.75, 3.05) is 19.5 Å². The zero-order chi connectivity index (χ0) is 15.4. The summed E-state index contributed by atoms with van der Waals surface area (Å²) in [6.07, 6.45) is 2.67. The number of hydrogen-bond donors (Lipinski definition) is 0. The Labute approximate surface area is 132 Å². The molecule has 0 aliphatic rings. The van der Waals surface area contributed by atoms with Crippen LogP contribution in [-0.4, -0.2) is 29.0 Å². The molecule has 2 rings (SSSR count). The van der Waals surface area contributed by atoms with Crippen LogP contribution >= 0.6 is 23.1 Å². The van der Waals surface area contributed by atoms with Crippen molar-refractivity contribution in [1.29, 1.82) is 0 Å². The molecule has 0 N–H and O–H groups in total. The van der Waals surface area contributed by atoms with E-state index in [1.165, 1.54) is 0 Å². The summed E-state index contributed by atoms with van der Waals surface area (Å²) in [5.41, 5.74) is 1.08. The summed E-state index contributed by atoms with van der Waals surface area (Å²) in [5.74, 6) is 0.881. The minimum absolute atomic E-state index is 0.0380. The van der Waals surface area contributed by atoms with Crippen molar-refractivity contribution in [3.63, 3.8) is 0 Å². The van der Waals surface area contributed by atoms with Gasteiger partial charge >= 0.3 is 0 Å². The molecule has 0 atom stereocenters. The Kier molecular flexibility index (Phi) is 5.61. The Morgan fingerprint density at radius 3 is 2.90 bits per heavy atom. The molecule has 0 aliphatic heterocycles. The van der Waals surface area contributed by atoms with E-state index in [0.29, 0.717) is 6.54 Å². The van der Waals surface area contributed by atoms with Crippen LogP contribution in [0.15, 0.2) is 22.6 Å². The van der Waals surface area contributed by atoms with Crippen LogP contribution in [0.5, 0.6) is 0 Å². The highest BCUT2D eigenvalue weighted by Gasteiger charge is 2.15. The number of hydrogen-bond acceptors (Lipinski definition) is 5. The van der Waals surface area contributed by atoms with Gasteiger partial charge in [-0.1, -0.05) is 17.8 Å². The summed E-state index contributed by atoms with van der Waals surface area (Å²) in [5, 5.41) is 1.52. The van der Waals surface area contributed by atoms with Crippen LogP contribution in [0, 0.1) is 13.8 Å². The Morgan fingerprint density at radius 2 is 2.24 bits per heavy atom. The average Bonchev–Trinajstić information content (AvgIpc) is 2.74. The number of methoxy groups -OCH3 is 1. The monoisotopic (exact) mass is 324 g/mol. The normalized spacial score (nSPS) is 11.2. The molecule has 21 heavy (non-hydrogen) atoms. The Hall–Kier alpha value is -1.11. The summed E-state index contributed by atoms with van der Waals surface area (Å²) in [7, 11) is 1.69. The zero-order valence-electron chi connectivity index (χ0n) is 12.6. The van der Waals surface area contributed by atoms with Crippen molar-refractivity contribution in [3.8, 4) is 0 Å². The lowest BCUT2D eigenvalue weighted by Gasteiger charge is -2.10. The number of allylic oxidation sites excluding steroid dienone is 1. The van der Waals surface area contributed by atoms with Crippen LogP contribution in [0.25, 0.3) is 10.2 Å². The van der Waals surface area contributed by atoms with E-state index in [-0.39, 0.29) is 5.56 Å². The molecule has 0 radical (unpaired) electrons. The number of ether oxygens (including phenoxy) is 1. The van der Waals surface area contributed by atoms with Gasteiger partial charge in [0.2, 0.25) is 0 Å². The van der Waals surface area contributed by atoms with Crippen molar-refractivity contribution >= 4 is 33.3 Å². The van der Waals surface area contributed by atoms with Gasteiger partial charge in [0.05, 0.1) is 5.39 Å². The first kappa shape index (κ1) is 16.3. The standard InChI is InChI=1S/C15H20N2O2S2/c1-5-7-17-14(18)12-10(2)11(3)21-13(12)16-15(17)20-9-6-8-19-4/h5H,1,6-9H2,2-4H3. The van der Waals surface area contributed by atoms with E-state index < -0.39 is 0 Å². The van der Waals surface area contributed by atoms with Crippen molar-refractivity contribution in [2.45, 2.75) is 32.0 Å². The van der Waals surface area contributed by atoms with Crippen LogP contribution in [-0.2, 0) is 11.3 Å². The van der Waals surface area contributed by atoms with E-state index in [1.807, 2.05) is 13.8 Å². The third-order valence-corrected chi connectivity index (χ3v) is 5.45. The van der Waals surface area contributed by atoms with E-state index in [4.69, 9.17) is 4.74 Å². The third kappa shape index (κ3) is 3.39. The number of fused-ring (bicyclic) bond motifs is 1. The number of aryl methyl sites for hydroxylation is 2. The maximum absolute atomic E-state index is 12.7. The number of rotatable bonds is 7. The van der Waals surface area contributed by atoms with Gasteiger partial charge in [-0.05, 0) is 25.8 Å². The summed E-state index contributed by atoms with van der Waals surface area (Å²) in [6.45, 7) is 8.97. The Morgan fingerprint density at radius 1 is 1.48 bits per heavy atom. The van der Waals surface area contributed by atoms with E-state index >= 15 is 0 Å². The Bertz CT molecular complexity index is 704. The zero-order valence-corrected chi connectivity index (χ0v) is 14.3. The van der Waals surface area contributed by atoms with Gasteiger partial charge in [-0.15, -0.1) is 17.9 Å². The molecule has 2 aromatic heterocycles. The molecule has 0 aliphatic carbocycles. The first-order valence-corrected chi connectivity index (χ1v) is 8.63. The van der Waals surface area contributed by atoms with Gasteiger partial charge in [0.15, 0.2) is 5.16 Å². The van der Waals surface area contributed by atoms with Gasteiger partial charge in [0, 0.05) is 30.9 Å². The number of thiophene rings is 1. The highest BCUT2D eigenvalue weighted by atomic mass is 32.2. The molecule has 2 heterocycles. The molecule has 0 spiro atoms. The lowest BCUT2D eigenvalue weighted by molar-refractivity contribution is 0.200. The molecule has 114 valence electrons.